The van der Waals surface area contributed by atoms with Gasteiger partial charge in [0.05, 0.1) is 6.04 Å². The van der Waals surface area contributed by atoms with Crippen LogP contribution in [0.5, 0.6) is 0 Å². The molecule has 0 fully saturated rings. The van der Waals surface area contributed by atoms with E-state index in [1.165, 1.54) is 0 Å². The Bertz CT molecular complexity index is 794. The quantitative estimate of drug-likeness (QED) is 0.0861. The third kappa shape index (κ3) is 12.6. The van der Waals surface area contributed by atoms with E-state index >= 15 is 0 Å². The number of amides is 6. The van der Waals surface area contributed by atoms with Gasteiger partial charge < -0.3 is 44.0 Å². The van der Waals surface area contributed by atoms with Gasteiger partial charge in [0.1, 0.15) is 18.1 Å². The average molecular weight is 506 g/mol. The zero-order valence-corrected chi connectivity index (χ0v) is 19.2. The van der Waals surface area contributed by atoms with Crippen LogP contribution in [0.1, 0.15) is 38.5 Å². The van der Waals surface area contributed by atoms with Gasteiger partial charge in [-0.15, -0.1) is 0 Å². The lowest BCUT2D eigenvalue weighted by molar-refractivity contribution is -0.142. The van der Waals surface area contributed by atoms with E-state index in [9.17, 15) is 38.7 Å². The fraction of sp³-hybridized carbons (Fsp3) is 0.611. The molecule has 0 radical (unpaired) electrons. The summed E-state index contributed by atoms with van der Waals surface area (Å²) in [6.07, 6.45) is -1.44. The fourth-order valence-corrected chi connectivity index (χ4v) is 2.80. The first-order valence-electron chi connectivity index (χ1n) is 10.1. The maximum atomic E-state index is 12.6. The van der Waals surface area contributed by atoms with Crippen molar-refractivity contribution in [3.63, 3.8) is 0 Å². The molecule has 0 aliphatic carbocycles. The minimum Gasteiger partial charge on any atom is -0.480 e. The monoisotopic (exact) mass is 505 g/mol. The molecule has 192 valence electrons. The van der Waals surface area contributed by atoms with Crippen LogP contribution in [0.3, 0.4) is 0 Å². The van der Waals surface area contributed by atoms with Gasteiger partial charge in [-0.1, -0.05) is 0 Å². The summed E-state index contributed by atoms with van der Waals surface area (Å²) in [4.78, 5) is 81.7. The summed E-state index contributed by atoms with van der Waals surface area (Å²) in [5.74, 6) is -6.49. The summed E-state index contributed by atoms with van der Waals surface area (Å²) in [5, 5.41) is 16.0. The molecule has 0 aromatic carbocycles. The number of carboxylic acids is 1. The lowest BCUT2D eigenvalue weighted by atomic mass is 10.1. The highest BCUT2D eigenvalue weighted by Crippen LogP contribution is 2.04. The zero-order valence-electron chi connectivity index (χ0n) is 18.3. The highest BCUT2D eigenvalue weighted by molar-refractivity contribution is 7.80. The summed E-state index contributed by atoms with van der Waals surface area (Å²) in [6, 6.07) is -5.29. The maximum absolute atomic E-state index is 12.6. The molecule has 0 aliphatic heterocycles. The Morgan fingerprint density at radius 2 is 1.03 bits per heavy atom. The number of hydrogen-bond acceptors (Lipinski definition) is 9. The molecule has 12 N–H and O–H groups in total. The number of carboxylic acid groups (broad SMARTS) is 1. The van der Waals surface area contributed by atoms with Crippen molar-refractivity contribution in [2.45, 2.75) is 62.7 Å². The average Bonchev–Trinajstić information content (AvgIpc) is 2.74. The number of carbonyl (C=O) groups is 7. The van der Waals surface area contributed by atoms with Crippen molar-refractivity contribution in [3.05, 3.63) is 0 Å². The number of hydrogen-bond donors (Lipinski definition) is 9. The van der Waals surface area contributed by atoms with Crippen molar-refractivity contribution >= 4 is 54.0 Å². The minimum absolute atomic E-state index is 0.0619. The summed E-state index contributed by atoms with van der Waals surface area (Å²) in [5.41, 5.74) is 20.7. The van der Waals surface area contributed by atoms with Crippen molar-refractivity contribution in [1.82, 2.24) is 16.0 Å². The van der Waals surface area contributed by atoms with E-state index in [0.29, 0.717) is 0 Å². The molecule has 4 unspecified atom stereocenters. The van der Waals surface area contributed by atoms with Gasteiger partial charge in [-0.05, 0) is 19.3 Å². The summed E-state index contributed by atoms with van der Waals surface area (Å²) in [6.45, 7) is 0. The van der Waals surface area contributed by atoms with Gasteiger partial charge >= 0.3 is 5.97 Å². The molecule has 0 heterocycles. The first-order valence-corrected chi connectivity index (χ1v) is 10.8. The van der Waals surface area contributed by atoms with Crippen molar-refractivity contribution in [2.75, 3.05) is 5.75 Å². The molecule has 0 spiro atoms. The Morgan fingerprint density at radius 3 is 1.47 bits per heavy atom. The van der Waals surface area contributed by atoms with Gasteiger partial charge in [0, 0.05) is 25.0 Å². The molecular formula is C18H31N7O8S. The highest BCUT2D eigenvalue weighted by Gasteiger charge is 2.30. The zero-order chi connectivity index (χ0) is 26.4. The normalized spacial score (nSPS) is 14.1. The molecule has 0 aromatic heterocycles. The predicted molar refractivity (Wildman–Crippen MR) is 121 cm³/mol. The van der Waals surface area contributed by atoms with Crippen LogP contribution >= 0.6 is 12.6 Å². The molecule has 0 saturated carbocycles. The number of thiol groups is 1. The largest absolute Gasteiger partial charge is 0.480 e. The van der Waals surface area contributed by atoms with E-state index in [0.717, 1.165) is 0 Å². The van der Waals surface area contributed by atoms with Crippen LogP contribution in [-0.4, -0.2) is 76.4 Å². The molecule has 0 aliphatic rings. The summed E-state index contributed by atoms with van der Waals surface area (Å²) < 4.78 is 0. The number of aliphatic carboxylic acids is 1. The molecule has 15 nitrogen and oxygen atoms in total. The van der Waals surface area contributed by atoms with Gasteiger partial charge in [-0.2, -0.15) is 12.6 Å². The smallest absolute Gasteiger partial charge is 0.326 e. The van der Waals surface area contributed by atoms with Crippen molar-refractivity contribution in [1.29, 1.82) is 0 Å². The van der Waals surface area contributed by atoms with Crippen LogP contribution in [0.15, 0.2) is 0 Å². The number of carbonyl (C=O) groups excluding carboxylic acids is 6. The molecule has 0 saturated heterocycles. The molecule has 0 bridgehead atoms. The van der Waals surface area contributed by atoms with Gasteiger partial charge in [0.2, 0.25) is 35.4 Å². The number of nitrogens with two attached hydrogens (primary N) is 4. The predicted octanol–water partition coefficient (Wildman–Crippen LogP) is -4.42. The molecule has 0 aromatic rings. The Labute approximate surface area is 200 Å². The highest BCUT2D eigenvalue weighted by atomic mass is 32.1. The van der Waals surface area contributed by atoms with Crippen LogP contribution in [-0.2, 0) is 33.6 Å². The van der Waals surface area contributed by atoms with Gasteiger partial charge in [-0.25, -0.2) is 4.79 Å². The Balaban J connectivity index is 5.32. The number of rotatable bonds is 17. The fourth-order valence-electron chi connectivity index (χ4n) is 2.55. The number of nitrogens with one attached hydrogen (secondary N) is 3. The van der Waals surface area contributed by atoms with E-state index in [-0.39, 0.29) is 44.3 Å². The Kier molecular flexibility index (Phi) is 13.9. The van der Waals surface area contributed by atoms with E-state index in [4.69, 9.17) is 22.9 Å². The molecule has 4 atom stereocenters. The van der Waals surface area contributed by atoms with E-state index in [2.05, 4.69) is 28.6 Å². The SMILES string of the molecule is NC(=O)CCC(N)C(=O)NC(CS)C(=O)NC(CCC(N)=O)C(=O)NC(CCC(N)=O)C(=O)O. The van der Waals surface area contributed by atoms with Crippen molar-refractivity contribution < 1.29 is 38.7 Å². The van der Waals surface area contributed by atoms with Crippen LogP contribution in [0.25, 0.3) is 0 Å². The second-order valence-corrected chi connectivity index (χ2v) is 7.69. The Morgan fingerprint density at radius 1 is 0.647 bits per heavy atom. The van der Waals surface area contributed by atoms with Gasteiger partial charge in [0.15, 0.2) is 0 Å². The molecular weight excluding hydrogens is 474 g/mol. The standard InChI is InChI=1S/C18H31N7O8S/c19-8(1-4-12(20)26)15(29)25-11(7-34)17(31)23-9(2-5-13(21)27)16(30)24-10(18(32)33)3-6-14(22)28/h8-11,34H,1-7,19H2,(H2,20,26)(H2,21,27)(H2,22,28)(H,23,31)(H,24,30)(H,25,29)(H,32,33). The second-order valence-electron chi connectivity index (χ2n) is 7.33. The third-order valence-corrected chi connectivity index (χ3v) is 4.83. The van der Waals surface area contributed by atoms with Gasteiger partial charge in [0.25, 0.3) is 0 Å². The van der Waals surface area contributed by atoms with Gasteiger partial charge in [-0.3, -0.25) is 28.8 Å². The second kappa shape index (κ2) is 15.4. The Hall–Kier alpha value is -3.40. The van der Waals surface area contributed by atoms with E-state index in [1.807, 2.05) is 0 Å². The molecule has 16 heteroatoms. The van der Waals surface area contributed by atoms with Crippen molar-refractivity contribution in [2.24, 2.45) is 22.9 Å². The number of primary amides is 3. The molecule has 0 rings (SSSR count). The maximum Gasteiger partial charge on any atom is 0.326 e. The molecule has 6 amide bonds. The topological polar surface area (TPSA) is 280 Å². The third-order valence-electron chi connectivity index (χ3n) is 4.46. The van der Waals surface area contributed by atoms with E-state index < -0.39 is 65.6 Å². The first-order chi connectivity index (χ1) is 15.8. The lowest BCUT2D eigenvalue weighted by Crippen LogP contribution is -2.57. The van der Waals surface area contributed by atoms with Crippen LogP contribution in [0.4, 0.5) is 0 Å². The van der Waals surface area contributed by atoms with Crippen LogP contribution in [0, 0.1) is 0 Å². The molecule has 34 heavy (non-hydrogen) atoms. The van der Waals surface area contributed by atoms with Crippen LogP contribution < -0.4 is 38.9 Å². The minimum atomic E-state index is -1.49. The summed E-state index contributed by atoms with van der Waals surface area (Å²) >= 11 is 3.98. The summed E-state index contributed by atoms with van der Waals surface area (Å²) in [7, 11) is 0. The first kappa shape index (κ1) is 30.6. The lowest BCUT2D eigenvalue weighted by Gasteiger charge is -2.24. The van der Waals surface area contributed by atoms with E-state index in [1.54, 1.807) is 0 Å². The van der Waals surface area contributed by atoms with Crippen LogP contribution in [0.2, 0.25) is 0 Å². The van der Waals surface area contributed by atoms with Crippen molar-refractivity contribution in [3.8, 4) is 0 Å².